The number of nitrogens with zero attached hydrogens (tertiary/aromatic N) is 2. The number of carbonyl (C=O) groups excluding carboxylic acids is 4. The number of hydrazine groups is 1. The van der Waals surface area contributed by atoms with Gasteiger partial charge in [0.1, 0.15) is 11.6 Å². The Morgan fingerprint density at radius 2 is 1.87 bits per heavy atom. The number of urea groups is 1. The van der Waals surface area contributed by atoms with Crippen LogP contribution in [0.15, 0.2) is 0 Å². The Bertz CT molecular complexity index is 720. The highest BCUT2D eigenvalue weighted by Crippen LogP contribution is 2.40. The Morgan fingerprint density at radius 1 is 1.13 bits per heavy atom. The third-order valence-corrected chi connectivity index (χ3v) is 7.40. The molecule has 9 nitrogen and oxygen atoms in total. The first-order valence-electron chi connectivity index (χ1n) is 11.2. The zero-order valence-corrected chi connectivity index (χ0v) is 17.7. The molecule has 4 amide bonds. The molecule has 2 heterocycles. The largest absolute Gasteiger partial charge is 0.468 e. The molecule has 2 aliphatic heterocycles. The minimum Gasteiger partial charge on any atom is -0.468 e. The number of methoxy groups -OCH3 is 1. The van der Waals surface area contributed by atoms with E-state index in [9.17, 15) is 19.2 Å². The van der Waals surface area contributed by atoms with Gasteiger partial charge in [-0.25, -0.2) is 4.79 Å². The topological polar surface area (TPSA) is 108 Å². The van der Waals surface area contributed by atoms with Gasteiger partial charge in [-0.3, -0.25) is 24.7 Å². The Labute approximate surface area is 176 Å². The van der Waals surface area contributed by atoms with Crippen LogP contribution in [0.2, 0.25) is 0 Å². The van der Waals surface area contributed by atoms with E-state index in [1.807, 2.05) is 0 Å². The Hall–Kier alpha value is -2.16. The van der Waals surface area contributed by atoms with Crippen LogP contribution < -0.4 is 10.7 Å². The fourth-order valence-corrected chi connectivity index (χ4v) is 5.87. The van der Waals surface area contributed by atoms with Crippen molar-refractivity contribution in [3.8, 4) is 0 Å². The van der Waals surface area contributed by atoms with Gasteiger partial charge >= 0.3 is 12.0 Å². The molecule has 4 aliphatic rings. The highest BCUT2D eigenvalue weighted by atomic mass is 16.5. The number of imide groups is 1. The van der Waals surface area contributed by atoms with Crippen molar-refractivity contribution in [1.29, 1.82) is 0 Å². The summed E-state index contributed by atoms with van der Waals surface area (Å²) in [7, 11) is 1.40. The Morgan fingerprint density at radius 3 is 2.60 bits per heavy atom. The second kappa shape index (κ2) is 8.53. The predicted octanol–water partition coefficient (Wildman–Crippen LogP) is 1.47. The van der Waals surface area contributed by atoms with Crippen molar-refractivity contribution in [2.45, 2.75) is 88.3 Å². The maximum atomic E-state index is 12.8. The van der Waals surface area contributed by atoms with Crippen molar-refractivity contribution in [1.82, 2.24) is 20.7 Å². The molecular weight excluding hydrogens is 388 g/mol. The highest BCUT2D eigenvalue weighted by Gasteiger charge is 2.52. The maximum Gasteiger partial charge on any atom is 0.344 e. The average molecular weight is 421 g/mol. The summed E-state index contributed by atoms with van der Waals surface area (Å²) in [5.41, 5.74) is 1.64. The molecule has 4 fully saturated rings. The molecular formula is C21H32N4O5. The summed E-state index contributed by atoms with van der Waals surface area (Å²) in [6, 6.07) is -0.591. The fraction of sp³-hybridized carbons (Fsp3) is 0.810. The SMILES string of the molecule is COC(=O)C1CC2CCCCC2N1CCC(=O)NN1C(=O)NC2(CCCCC2)C1=O. The number of likely N-dealkylation sites (tertiary alicyclic amines) is 1. The third kappa shape index (κ3) is 3.79. The predicted molar refractivity (Wildman–Crippen MR) is 107 cm³/mol. The van der Waals surface area contributed by atoms with Crippen LogP contribution in [0.1, 0.15) is 70.6 Å². The standard InChI is InChI=1S/C21H32N4O5/c1-30-18(27)16-13-14-7-3-4-8-15(14)24(16)12-9-17(26)23-25-19(28)21(22-20(25)29)10-5-2-6-11-21/h14-16H,2-13H2,1H3,(H,22,29)(H,23,26). The smallest absolute Gasteiger partial charge is 0.344 e. The van der Waals surface area contributed by atoms with Crippen LogP contribution in [0.25, 0.3) is 0 Å². The number of esters is 1. The molecule has 0 aromatic heterocycles. The molecule has 0 radical (unpaired) electrons. The van der Waals surface area contributed by atoms with Crippen LogP contribution in [0.4, 0.5) is 4.79 Å². The number of nitrogens with one attached hydrogen (secondary N) is 2. The lowest BCUT2D eigenvalue weighted by atomic mass is 9.82. The van der Waals surface area contributed by atoms with Crippen molar-refractivity contribution in [3.63, 3.8) is 0 Å². The van der Waals surface area contributed by atoms with Gasteiger partial charge in [0.25, 0.3) is 5.91 Å². The Balaban J connectivity index is 1.36. The molecule has 3 unspecified atom stereocenters. The minimum atomic E-state index is -0.858. The van der Waals surface area contributed by atoms with E-state index >= 15 is 0 Å². The number of fused-ring (bicyclic) bond motifs is 1. The normalized spacial score (nSPS) is 30.8. The lowest BCUT2D eigenvalue weighted by molar-refractivity contribution is -0.146. The number of ether oxygens (including phenoxy) is 1. The van der Waals surface area contributed by atoms with E-state index < -0.39 is 17.5 Å². The molecule has 1 spiro atoms. The number of hydrogen-bond donors (Lipinski definition) is 2. The van der Waals surface area contributed by atoms with E-state index in [0.29, 0.717) is 25.3 Å². The zero-order chi connectivity index (χ0) is 21.3. The van der Waals surface area contributed by atoms with E-state index in [4.69, 9.17) is 4.74 Å². The number of amides is 4. The lowest BCUT2D eigenvalue weighted by Gasteiger charge is -2.33. The van der Waals surface area contributed by atoms with Gasteiger partial charge < -0.3 is 10.1 Å². The van der Waals surface area contributed by atoms with Crippen LogP contribution in [-0.2, 0) is 19.1 Å². The quantitative estimate of drug-likeness (QED) is 0.515. The van der Waals surface area contributed by atoms with E-state index in [1.54, 1.807) is 0 Å². The number of rotatable bonds is 5. The van der Waals surface area contributed by atoms with E-state index in [2.05, 4.69) is 15.6 Å². The molecule has 3 atom stereocenters. The molecule has 2 N–H and O–H groups in total. The van der Waals surface area contributed by atoms with Gasteiger partial charge in [-0.1, -0.05) is 32.1 Å². The molecule has 0 bridgehead atoms. The van der Waals surface area contributed by atoms with Crippen molar-refractivity contribution in [2.75, 3.05) is 13.7 Å². The zero-order valence-electron chi connectivity index (χ0n) is 17.7. The molecule has 2 saturated carbocycles. The van der Waals surface area contributed by atoms with Gasteiger partial charge in [-0.2, -0.15) is 5.01 Å². The molecule has 9 heteroatoms. The maximum absolute atomic E-state index is 12.8. The molecule has 166 valence electrons. The first kappa shape index (κ1) is 21.1. The van der Waals surface area contributed by atoms with Gasteiger partial charge in [-0.05, 0) is 38.0 Å². The Kier molecular flexibility index (Phi) is 5.99. The molecule has 4 rings (SSSR count). The average Bonchev–Trinajstić information content (AvgIpc) is 3.23. The van der Waals surface area contributed by atoms with Crippen molar-refractivity contribution in [2.24, 2.45) is 5.92 Å². The van der Waals surface area contributed by atoms with E-state index in [0.717, 1.165) is 50.0 Å². The first-order chi connectivity index (χ1) is 14.4. The summed E-state index contributed by atoms with van der Waals surface area (Å²) in [4.78, 5) is 52.1. The highest BCUT2D eigenvalue weighted by molar-refractivity contribution is 6.08. The fourth-order valence-electron chi connectivity index (χ4n) is 5.87. The molecule has 2 saturated heterocycles. The molecule has 30 heavy (non-hydrogen) atoms. The molecule has 2 aliphatic carbocycles. The summed E-state index contributed by atoms with van der Waals surface area (Å²) in [5.74, 6) is -0.545. The summed E-state index contributed by atoms with van der Waals surface area (Å²) >= 11 is 0. The van der Waals surface area contributed by atoms with Crippen LogP contribution in [0.5, 0.6) is 0 Å². The van der Waals surface area contributed by atoms with E-state index in [-0.39, 0.29) is 30.4 Å². The third-order valence-electron chi connectivity index (χ3n) is 7.40. The second-order valence-corrected chi connectivity index (χ2v) is 9.12. The van der Waals surface area contributed by atoms with E-state index in [1.165, 1.54) is 13.5 Å². The van der Waals surface area contributed by atoms with Gasteiger partial charge in [0.05, 0.1) is 7.11 Å². The van der Waals surface area contributed by atoms with Gasteiger partial charge in [0.15, 0.2) is 0 Å². The number of carbonyl (C=O) groups is 4. The first-order valence-corrected chi connectivity index (χ1v) is 11.2. The minimum absolute atomic E-state index is 0.112. The second-order valence-electron chi connectivity index (χ2n) is 9.12. The van der Waals surface area contributed by atoms with Crippen molar-refractivity contribution < 1.29 is 23.9 Å². The molecule has 0 aromatic rings. The van der Waals surface area contributed by atoms with Gasteiger partial charge in [0, 0.05) is 19.0 Å². The van der Waals surface area contributed by atoms with Gasteiger partial charge in [0.2, 0.25) is 5.91 Å². The van der Waals surface area contributed by atoms with Crippen molar-refractivity contribution >= 4 is 23.8 Å². The van der Waals surface area contributed by atoms with Crippen molar-refractivity contribution in [3.05, 3.63) is 0 Å². The van der Waals surface area contributed by atoms with Crippen LogP contribution in [0.3, 0.4) is 0 Å². The molecule has 0 aromatic carbocycles. The number of hydrogen-bond acceptors (Lipinski definition) is 6. The lowest BCUT2D eigenvalue weighted by Crippen LogP contribution is -2.51. The van der Waals surface area contributed by atoms with Gasteiger partial charge in [-0.15, -0.1) is 0 Å². The summed E-state index contributed by atoms with van der Waals surface area (Å²) in [6.45, 7) is 0.404. The summed E-state index contributed by atoms with van der Waals surface area (Å²) in [5, 5.41) is 3.64. The van der Waals surface area contributed by atoms with Crippen LogP contribution in [0, 0.1) is 5.92 Å². The van der Waals surface area contributed by atoms with Crippen LogP contribution in [-0.4, -0.2) is 65.0 Å². The summed E-state index contributed by atoms with van der Waals surface area (Å²) < 4.78 is 4.99. The monoisotopic (exact) mass is 420 g/mol. The van der Waals surface area contributed by atoms with Crippen LogP contribution >= 0.6 is 0 Å². The summed E-state index contributed by atoms with van der Waals surface area (Å²) in [6.07, 6.45) is 9.37.